The zero-order chi connectivity index (χ0) is 24.0. The molecule has 4 rings (SSSR count). The first-order chi connectivity index (χ1) is 15.6. The van der Waals surface area contributed by atoms with Gasteiger partial charge < -0.3 is 14.2 Å². The molecule has 2 unspecified atom stereocenters. The van der Waals surface area contributed by atoms with Crippen LogP contribution in [0, 0.1) is 40.4 Å². The minimum atomic E-state index is -0.0926. The number of ketones is 1. The summed E-state index contributed by atoms with van der Waals surface area (Å²) in [6, 6.07) is 0. The van der Waals surface area contributed by atoms with Crippen molar-refractivity contribution in [1.29, 1.82) is 0 Å². The van der Waals surface area contributed by atoms with Crippen LogP contribution >= 0.6 is 0 Å². The monoisotopic (exact) mass is 460 g/mol. The van der Waals surface area contributed by atoms with Crippen molar-refractivity contribution in [3.63, 3.8) is 0 Å². The fourth-order valence-corrected chi connectivity index (χ4v) is 7.76. The second kappa shape index (κ2) is 9.45. The molecule has 0 aromatic heterocycles. The Morgan fingerprint density at radius 3 is 2.58 bits per heavy atom. The van der Waals surface area contributed by atoms with Crippen molar-refractivity contribution in [2.24, 2.45) is 40.4 Å². The van der Waals surface area contributed by atoms with Crippen LogP contribution in [-0.2, 0) is 23.8 Å². The number of fused-ring (bicyclic) bond motifs is 4. The predicted molar refractivity (Wildman–Crippen MR) is 127 cm³/mol. The third kappa shape index (κ3) is 4.33. The van der Waals surface area contributed by atoms with E-state index in [9.17, 15) is 9.59 Å². The standard InChI is InChI=1S/C28H44O5/c1-17(2)24(29)10-7-18(3)20-8-9-21-25-22(12-14-27(20,21)4)28(5)13-11-19(32-16-31-6)15-23(28)26(30)33-25/h17-20,22-23H,7-16H2,1-6H3/t18-,19?,20-,22+,23?,27-,28-/m1/s1. The number of methoxy groups -OCH3 is 1. The van der Waals surface area contributed by atoms with Crippen LogP contribution in [0.1, 0.15) is 92.4 Å². The molecule has 1 saturated heterocycles. The molecule has 0 N–H and O–H groups in total. The molecule has 5 nitrogen and oxygen atoms in total. The Hall–Kier alpha value is -1.20. The molecule has 1 aliphatic heterocycles. The number of carbonyl (C=O) groups is 2. The Labute approximate surface area is 200 Å². The number of carbonyl (C=O) groups excluding carboxylic acids is 2. The first kappa shape index (κ1) is 24.9. The van der Waals surface area contributed by atoms with Crippen molar-refractivity contribution in [2.45, 2.75) is 98.5 Å². The van der Waals surface area contributed by atoms with E-state index in [0.717, 1.165) is 57.1 Å². The van der Waals surface area contributed by atoms with Gasteiger partial charge in [0.05, 0.1) is 12.0 Å². The van der Waals surface area contributed by atoms with Crippen LogP contribution in [0.15, 0.2) is 11.3 Å². The van der Waals surface area contributed by atoms with Gasteiger partial charge in [-0.25, -0.2) is 0 Å². The fraction of sp³-hybridized carbons (Fsp3) is 0.857. The molecule has 0 radical (unpaired) electrons. The van der Waals surface area contributed by atoms with Crippen molar-refractivity contribution in [3.05, 3.63) is 11.3 Å². The lowest BCUT2D eigenvalue weighted by Gasteiger charge is -2.54. The maximum atomic E-state index is 13.3. The van der Waals surface area contributed by atoms with Gasteiger partial charge in [-0.15, -0.1) is 0 Å². The van der Waals surface area contributed by atoms with Crippen molar-refractivity contribution < 1.29 is 23.8 Å². The number of Topliss-reactive ketones (excluding diaryl/α,β-unsaturated/α-hetero) is 1. The number of rotatable bonds is 8. The zero-order valence-corrected chi connectivity index (χ0v) is 21.6. The second-order valence-electron chi connectivity index (χ2n) is 12.1. The SMILES string of the molecule is COCOC1CC[C@@]2(C)C(C1)C(=O)OC1=C3CC[C@H]([C@H](C)CCC(=O)C(C)C)[C@@]3(C)CC[C@@H]12. The Morgan fingerprint density at radius 2 is 1.88 bits per heavy atom. The highest BCUT2D eigenvalue weighted by Crippen LogP contribution is 2.64. The molecule has 5 heteroatoms. The smallest absolute Gasteiger partial charge is 0.314 e. The van der Waals surface area contributed by atoms with Crippen LogP contribution in [0.2, 0.25) is 0 Å². The number of ether oxygens (including phenoxy) is 3. The van der Waals surface area contributed by atoms with E-state index in [2.05, 4.69) is 20.8 Å². The summed E-state index contributed by atoms with van der Waals surface area (Å²) in [5, 5.41) is 0. The Bertz CT molecular complexity index is 800. The largest absolute Gasteiger partial charge is 0.431 e. The lowest BCUT2D eigenvalue weighted by Crippen LogP contribution is -2.53. The molecule has 1 heterocycles. The quantitative estimate of drug-likeness (QED) is 0.325. The maximum absolute atomic E-state index is 13.3. The highest BCUT2D eigenvalue weighted by molar-refractivity contribution is 5.80. The van der Waals surface area contributed by atoms with E-state index in [1.54, 1.807) is 7.11 Å². The lowest BCUT2D eigenvalue weighted by atomic mass is 9.53. The first-order valence-electron chi connectivity index (χ1n) is 13.2. The minimum absolute atomic E-state index is 0.0423. The highest BCUT2D eigenvalue weighted by Gasteiger charge is 2.59. The molecule has 7 atom stereocenters. The van der Waals surface area contributed by atoms with Crippen molar-refractivity contribution in [2.75, 3.05) is 13.9 Å². The average molecular weight is 461 g/mol. The third-order valence-corrected chi connectivity index (χ3v) is 9.97. The van der Waals surface area contributed by atoms with Crippen molar-refractivity contribution >= 4 is 11.8 Å². The van der Waals surface area contributed by atoms with Crippen molar-refractivity contribution in [3.8, 4) is 0 Å². The maximum Gasteiger partial charge on any atom is 0.314 e. The molecule has 0 amide bonds. The minimum Gasteiger partial charge on any atom is -0.431 e. The molecule has 0 bridgehead atoms. The summed E-state index contributed by atoms with van der Waals surface area (Å²) in [7, 11) is 1.64. The van der Waals surface area contributed by atoms with E-state index in [4.69, 9.17) is 14.2 Å². The summed E-state index contributed by atoms with van der Waals surface area (Å²) in [4.78, 5) is 25.5. The van der Waals surface area contributed by atoms with Crippen molar-refractivity contribution in [1.82, 2.24) is 0 Å². The number of allylic oxidation sites excluding steroid dienone is 2. The van der Waals surface area contributed by atoms with Crippen LogP contribution in [0.5, 0.6) is 0 Å². The second-order valence-corrected chi connectivity index (χ2v) is 12.1. The zero-order valence-electron chi connectivity index (χ0n) is 21.6. The Kier molecular flexibility index (Phi) is 7.13. The van der Waals surface area contributed by atoms with Gasteiger partial charge in [-0.3, -0.25) is 9.59 Å². The van der Waals surface area contributed by atoms with Gasteiger partial charge in [-0.1, -0.05) is 34.6 Å². The normalized spacial score (nSPS) is 39.1. The molecular weight excluding hydrogens is 416 g/mol. The van der Waals surface area contributed by atoms with E-state index in [-0.39, 0.29) is 41.5 Å². The number of esters is 1. The van der Waals surface area contributed by atoms with Gasteiger partial charge in [0, 0.05) is 25.4 Å². The number of hydrogen-bond acceptors (Lipinski definition) is 5. The van der Waals surface area contributed by atoms with Crippen LogP contribution in [-0.4, -0.2) is 31.8 Å². The predicted octanol–water partition coefficient (Wildman–Crippen LogP) is 6.06. The third-order valence-electron chi connectivity index (χ3n) is 9.97. The summed E-state index contributed by atoms with van der Waals surface area (Å²) in [5.41, 5.74) is 1.46. The summed E-state index contributed by atoms with van der Waals surface area (Å²) in [6.45, 7) is 11.3. The van der Waals surface area contributed by atoms with E-state index >= 15 is 0 Å². The molecule has 3 aliphatic carbocycles. The molecular formula is C28H44O5. The molecule has 33 heavy (non-hydrogen) atoms. The number of hydrogen-bond donors (Lipinski definition) is 0. The lowest BCUT2D eigenvalue weighted by molar-refractivity contribution is -0.177. The summed E-state index contributed by atoms with van der Waals surface area (Å²) in [5.74, 6) is 2.77. The first-order valence-corrected chi connectivity index (χ1v) is 13.2. The van der Waals surface area contributed by atoms with Gasteiger partial charge in [0.25, 0.3) is 0 Å². The Balaban J connectivity index is 1.53. The van der Waals surface area contributed by atoms with Crippen LogP contribution in [0.25, 0.3) is 0 Å². The molecule has 4 aliphatic rings. The van der Waals surface area contributed by atoms with Gasteiger partial charge in [0.1, 0.15) is 18.3 Å². The van der Waals surface area contributed by atoms with Crippen LogP contribution < -0.4 is 0 Å². The van der Waals surface area contributed by atoms with E-state index in [0.29, 0.717) is 30.0 Å². The van der Waals surface area contributed by atoms with E-state index in [1.807, 2.05) is 13.8 Å². The Morgan fingerprint density at radius 1 is 1.12 bits per heavy atom. The van der Waals surface area contributed by atoms with Gasteiger partial charge in [0.2, 0.25) is 0 Å². The highest BCUT2D eigenvalue weighted by atomic mass is 16.7. The van der Waals surface area contributed by atoms with E-state index < -0.39 is 0 Å². The molecule has 186 valence electrons. The molecule has 0 aromatic rings. The molecule has 0 aromatic carbocycles. The van der Waals surface area contributed by atoms with Gasteiger partial charge in [0.15, 0.2) is 0 Å². The summed E-state index contributed by atoms with van der Waals surface area (Å²) >= 11 is 0. The molecule has 0 spiro atoms. The van der Waals surface area contributed by atoms with Gasteiger partial charge in [-0.2, -0.15) is 0 Å². The summed E-state index contributed by atoms with van der Waals surface area (Å²) < 4.78 is 17.1. The van der Waals surface area contributed by atoms with Gasteiger partial charge >= 0.3 is 5.97 Å². The topological polar surface area (TPSA) is 61.8 Å². The molecule has 3 fully saturated rings. The van der Waals surface area contributed by atoms with E-state index in [1.165, 1.54) is 5.57 Å². The van der Waals surface area contributed by atoms with Crippen LogP contribution in [0.3, 0.4) is 0 Å². The van der Waals surface area contributed by atoms with Gasteiger partial charge in [-0.05, 0) is 79.6 Å². The average Bonchev–Trinajstić information content (AvgIpc) is 3.13. The fourth-order valence-electron chi connectivity index (χ4n) is 7.76. The van der Waals surface area contributed by atoms with Crippen LogP contribution in [0.4, 0.5) is 0 Å². The molecule has 2 saturated carbocycles. The summed E-state index contributed by atoms with van der Waals surface area (Å²) in [6.07, 6.45) is 8.85.